The Morgan fingerprint density at radius 2 is 2.07 bits per heavy atom. The number of benzene rings is 1. The third kappa shape index (κ3) is 3.36. The summed E-state index contributed by atoms with van der Waals surface area (Å²) in [5, 5.41) is 4.16. The number of piperazine rings is 1. The molecule has 3 aromatic rings. The molecular formula is C23H25ClN6. The summed E-state index contributed by atoms with van der Waals surface area (Å²) in [5.74, 6) is 0. The number of nitrogens with one attached hydrogen (secondary N) is 1. The highest BCUT2D eigenvalue weighted by molar-refractivity contribution is 6.30. The van der Waals surface area contributed by atoms with Crippen LogP contribution in [0.15, 0.2) is 49.1 Å². The fourth-order valence-electron chi connectivity index (χ4n) is 4.58. The lowest BCUT2D eigenvalue weighted by Crippen LogP contribution is -2.45. The maximum Gasteiger partial charge on any atom is 0.0946 e. The number of hydrogen-bond acceptors (Lipinski definition) is 5. The zero-order valence-corrected chi connectivity index (χ0v) is 17.7. The van der Waals surface area contributed by atoms with Crippen molar-refractivity contribution < 1.29 is 0 Å². The fourth-order valence-corrected chi connectivity index (χ4v) is 4.76. The first-order valence-corrected chi connectivity index (χ1v) is 10.6. The second-order valence-electron chi connectivity index (χ2n) is 7.90. The quantitative estimate of drug-likeness (QED) is 0.681. The minimum absolute atomic E-state index is 0.0584. The van der Waals surface area contributed by atoms with Gasteiger partial charge in [-0.25, -0.2) is 4.98 Å². The van der Waals surface area contributed by atoms with Crippen LogP contribution in [-0.2, 0) is 7.05 Å². The summed E-state index contributed by atoms with van der Waals surface area (Å²) in [5.41, 5.74) is 13.2. The van der Waals surface area contributed by atoms with E-state index >= 15 is 0 Å². The number of imidazole rings is 1. The molecule has 1 aromatic carbocycles. The number of aryl methyl sites for hydroxylation is 1. The monoisotopic (exact) mass is 420 g/mol. The number of pyridine rings is 1. The van der Waals surface area contributed by atoms with Crippen LogP contribution < -0.4 is 11.1 Å². The molecule has 6 nitrogen and oxygen atoms in total. The van der Waals surface area contributed by atoms with Gasteiger partial charge >= 0.3 is 0 Å². The zero-order chi connectivity index (χ0) is 20.7. The molecule has 1 fully saturated rings. The van der Waals surface area contributed by atoms with Crippen molar-refractivity contribution in [3.63, 3.8) is 0 Å². The number of nitrogens with zero attached hydrogens (tertiary/aromatic N) is 4. The Morgan fingerprint density at radius 3 is 2.83 bits per heavy atom. The topological polar surface area (TPSA) is 72.0 Å². The van der Waals surface area contributed by atoms with Crippen LogP contribution in [0, 0.1) is 0 Å². The number of fused-ring (bicyclic) bond motifs is 2. The van der Waals surface area contributed by atoms with E-state index in [9.17, 15) is 0 Å². The van der Waals surface area contributed by atoms with Crippen LogP contribution >= 0.6 is 11.6 Å². The number of halogens is 1. The van der Waals surface area contributed by atoms with Crippen LogP contribution in [0.2, 0.25) is 5.02 Å². The molecule has 7 heteroatoms. The third-order valence-electron chi connectivity index (χ3n) is 6.09. The van der Waals surface area contributed by atoms with Crippen molar-refractivity contribution in [1.29, 1.82) is 0 Å². The first-order valence-electron chi connectivity index (χ1n) is 10.3. The lowest BCUT2D eigenvalue weighted by Gasteiger charge is -2.36. The van der Waals surface area contributed by atoms with Crippen molar-refractivity contribution >= 4 is 23.3 Å². The van der Waals surface area contributed by atoms with Gasteiger partial charge in [-0.15, -0.1) is 0 Å². The summed E-state index contributed by atoms with van der Waals surface area (Å²) < 4.78 is 1.97. The number of aromatic nitrogens is 3. The van der Waals surface area contributed by atoms with Crippen LogP contribution in [0.25, 0.3) is 11.6 Å². The van der Waals surface area contributed by atoms with Gasteiger partial charge in [-0.1, -0.05) is 23.7 Å². The number of rotatable bonds is 3. The minimum Gasteiger partial charge on any atom is -0.336 e. The van der Waals surface area contributed by atoms with E-state index in [1.165, 1.54) is 5.56 Å². The van der Waals surface area contributed by atoms with Crippen LogP contribution in [0.4, 0.5) is 0 Å². The van der Waals surface area contributed by atoms with Crippen molar-refractivity contribution in [3.05, 3.63) is 82.2 Å². The maximum absolute atomic E-state index is 6.81. The Bertz CT molecular complexity index is 1100. The molecule has 2 unspecified atom stereocenters. The molecule has 3 N–H and O–H groups in total. The second-order valence-corrected chi connectivity index (χ2v) is 8.34. The van der Waals surface area contributed by atoms with Crippen LogP contribution in [0.3, 0.4) is 0 Å². The average molecular weight is 421 g/mol. The van der Waals surface area contributed by atoms with E-state index in [0.717, 1.165) is 54.3 Å². The highest BCUT2D eigenvalue weighted by Crippen LogP contribution is 2.43. The molecule has 1 saturated heterocycles. The van der Waals surface area contributed by atoms with E-state index in [2.05, 4.69) is 33.4 Å². The molecule has 5 rings (SSSR count). The molecule has 1 aliphatic carbocycles. The second kappa shape index (κ2) is 7.96. The normalized spacial score (nSPS) is 20.1. The van der Waals surface area contributed by atoms with Gasteiger partial charge < -0.3 is 15.6 Å². The first kappa shape index (κ1) is 19.5. The van der Waals surface area contributed by atoms with E-state index in [0.29, 0.717) is 5.02 Å². The summed E-state index contributed by atoms with van der Waals surface area (Å²) in [6, 6.07) is 9.99. The Labute approximate surface area is 181 Å². The lowest BCUT2D eigenvalue weighted by molar-refractivity contribution is 0.195. The average Bonchev–Trinajstić information content (AvgIpc) is 3.14. The van der Waals surface area contributed by atoms with E-state index in [1.54, 1.807) is 6.33 Å². The Kier molecular flexibility index (Phi) is 5.16. The molecule has 2 aromatic heterocycles. The summed E-state index contributed by atoms with van der Waals surface area (Å²) in [6.45, 7) is 3.87. The molecule has 30 heavy (non-hydrogen) atoms. The summed E-state index contributed by atoms with van der Waals surface area (Å²) in [4.78, 5) is 11.6. The molecule has 2 atom stereocenters. The van der Waals surface area contributed by atoms with Crippen molar-refractivity contribution in [3.8, 4) is 0 Å². The van der Waals surface area contributed by atoms with Gasteiger partial charge in [0.05, 0.1) is 36.0 Å². The Balaban J connectivity index is 1.73. The van der Waals surface area contributed by atoms with Crippen molar-refractivity contribution in [2.75, 3.05) is 26.2 Å². The van der Waals surface area contributed by atoms with E-state index in [4.69, 9.17) is 22.3 Å². The first-order chi connectivity index (χ1) is 14.6. The van der Waals surface area contributed by atoms with Crippen LogP contribution in [0.5, 0.6) is 0 Å². The molecular weight excluding hydrogens is 396 g/mol. The molecule has 0 saturated carbocycles. The van der Waals surface area contributed by atoms with E-state index in [-0.39, 0.29) is 12.1 Å². The highest BCUT2D eigenvalue weighted by Gasteiger charge is 2.33. The fraction of sp³-hybridized carbons (Fsp3) is 0.304. The van der Waals surface area contributed by atoms with Gasteiger partial charge in [-0.2, -0.15) is 0 Å². The van der Waals surface area contributed by atoms with Gasteiger partial charge in [0.1, 0.15) is 0 Å². The standard InChI is InChI=1S/C23H25ClN6/c1-29-14-27-13-20(29)21(25)19-11-15-3-2-6-28-22(15)23(30-9-7-26-8-10-30)17-5-4-16(24)12-18(17)19/h2-6,11-14,21,23,26H,7-10,25H2,1H3. The molecule has 0 spiro atoms. The van der Waals surface area contributed by atoms with Crippen LogP contribution in [-0.4, -0.2) is 45.6 Å². The number of nitrogens with two attached hydrogens (primary N) is 1. The van der Waals surface area contributed by atoms with Crippen molar-refractivity contribution in [1.82, 2.24) is 24.8 Å². The minimum atomic E-state index is -0.329. The summed E-state index contributed by atoms with van der Waals surface area (Å²) in [6.07, 6.45) is 7.67. The van der Waals surface area contributed by atoms with Gasteiger partial charge in [0.25, 0.3) is 0 Å². The highest BCUT2D eigenvalue weighted by atomic mass is 35.5. The predicted molar refractivity (Wildman–Crippen MR) is 120 cm³/mol. The smallest absolute Gasteiger partial charge is 0.0946 e. The van der Waals surface area contributed by atoms with Gasteiger partial charge in [0.15, 0.2) is 0 Å². The molecule has 1 aliphatic heterocycles. The molecule has 0 amide bonds. The Hall–Kier alpha value is -2.51. The predicted octanol–water partition coefficient (Wildman–Crippen LogP) is 3.02. The lowest BCUT2D eigenvalue weighted by atomic mass is 9.90. The van der Waals surface area contributed by atoms with Gasteiger partial charge in [-0.05, 0) is 46.5 Å². The maximum atomic E-state index is 6.81. The summed E-state index contributed by atoms with van der Waals surface area (Å²) in [7, 11) is 1.97. The van der Waals surface area contributed by atoms with Gasteiger partial charge in [0, 0.05) is 44.4 Å². The van der Waals surface area contributed by atoms with E-state index in [1.807, 2.05) is 42.2 Å². The molecule has 3 heterocycles. The largest absolute Gasteiger partial charge is 0.336 e. The third-order valence-corrected chi connectivity index (χ3v) is 6.32. The summed E-state index contributed by atoms with van der Waals surface area (Å²) >= 11 is 6.48. The van der Waals surface area contributed by atoms with Crippen LogP contribution in [0.1, 0.15) is 40.2 Å². The van der Waals surface area contributed by atoms with Crippen molar-refractivity contribution in [2.24, 2.45) is 12.8 Å². The SMILES string of the molecule is Cn1cncc1C(N)C1=Cc2cccnc2C(N2CCNCC2)c2ccc(Cl)cc21. The number of hydrogen-bond donors (Lipinski definition) is 2. The molecule has 0 bridgehead atoms. The van der Waals surface area contributed by atoms with Gasteiger partial charge in [0.2, 0.25) is 0 Å². The molecule has 154 valence electrons. The zero-order valence-electron chi connectivity index (χ0n) is 16.9. The van der Waals surface area contributed by atoms with Gasteiger partial charge in [-0.3, -0.25) is 9.88 Å². The molecule has 2 aliphatic rings. The molecule has 0 radical (unpaired) electrons. The Morgan fingerprint density at radius 1 is 1.23 bits per heavy atom. The van der Waals surface area contributed by atoms with E-state index < -0.39 is 0 Å². The van der Waals surface area contributed by atoms with Crippen molar-refractivity contribution in [2.45, 2.75) is 12.1 Å².